The van der Waals surface area contributed by atoms with Crippen LogP contribution in [-0.4, -0.2) is 56.3 Å². The Balaban J connectivity index is 1.14. The minimum absolute atomic E-state index is 0.0104. The highest BCUT2D eigenvalue weighted by molar-refractivity contribution is 6.36. The van der Waals surface area contributed by atoms with E-state index < -0.39 is 17.4 Å². The maximum Gasteiger partial charge on any atom is 0.433 e. The quantitative estimate of drug-likeness (QED) is 0.190. The molecule has 5 aromatic rings. The van der Waals surface area contributed by atoms with E-state index in [1.807, 2.05) is 31.2 Å². The number of nitrogens with zero attached hydrogens (tertiary/aromatic N) is 5. The van der Waals surface area contributed by atoms with Crippen LogP contribution in [0, 0.1) is 6.92 Å². The number of fused-ring (bicyclic) bond motifs is 2. The number of carbonyl (C=O) groups excluding carboxylic acids is 1. The van der Waals surface area contributed by atoms with E-state index in [2.05, 4.69) is 31.7 Å². The lowest BCUT2D eigenvalue weighted by molar-refractivity contribution is -0.141. The van der Waals surface area contributed by atoms with E-state index in [0.717, 1.165) is 66.2 Å². The second-order valence-corrected chi connectivity index (χ2v) is 14.2. The van der Waals surface area contributed by atoms with E-state index in [1.54, 1.807) is 19.2 Å². The fraction of sp³-hybridized carbons (Fsp3) is 0.342. The Bertz CT molecular complexity index is 2350. The second kappa shape index (κ2) is 12.6. The number of aromatic nitrogens is 4. The number of halogens is 4. The average molecular weight is 730 g/mol. The van der Waals surface area contributed by atoms with Gasteiger partial charge in [0.25, 0.3) is 5.56 Å². The van der Waals surface area contributed by atoms with Gasteiger partial charge in [-0.25, -0.2) is 14.6 Å². The number of methoxy groups -OCH3 is 1. The SMILES string of the molecule is COc1nc(-c2cccc(-c3cccc(Nc4nc(C(F)(F)F)cc5cnn(C)c(=O)c45)c3C)c2Cl)cc2c1C(N1CCC3(CCC(=O)N3)C1)CC2. The van der Waals surface area contributed by atoms with Crippen LogP contribution in [0.4, 0.5) is 24.7 Å². The van der Waals surface area contributed by atoms with Gasteiger partial charge in [0.05, 0.1) is 34.9 Å². The highest BCUT2D eigenvalue weighted by Gasteiger charge is 2.46. The first kappa shape index (κ1) is 34.1. The Labute approximate surface area is 302 Å². The zero-order valence-electron chi connectivity index (χ0n) is 28.7. The Morgan fingerprint density at radius 3 is 2.56 bits per heavy atom. The molecule has 10 nitrogen and oxygen atoms in total. The summed E-state index contributed by atoms with van der Waals surface area (Å²) in [5.74, 6) is 0.455. The van der Waals surface area contributed by atoms with Gasteiger partial charge >= 0.3 is 6.18 Å². The summed E-state index contributed by atoms with van der Waals surface area (Å²) in [6.07, 6.45) is 0.619. The zero-order valence-corrected chi connectivity index (χ0v) is 29.5. The normalized spacial score (nSPS) is 20.1. The number of aryl methyl sites for hydroxylation is 2. The van der Waals surface area contributed by atoms with E-state index in [1.165, 1.54) is 13.2 Å². The van der Waals surface area contributed by atoms with E-state index in [-0.39, 0.29) is 34.1 Å². The molecule has 52 heavy (non-hydrogen) atoms. The fourth-order valence-corrected chi connectivity index (χ4v) is 8.43. The first-order chi connectivity index (χ1) is 24.9. The summed E-state index contributed by atoms with van der Waals surface area (Å²) in [5, 5.41) is 10.6. The zero-order chi connectivity index (χ0) is 36.5. The van der Waals surface area contributed by atoms with Gasteiger partial charge in [-0.2, -0.15) is 18.3 Å². The molecule has 2 fully saturated rings. The number of amides is 1. The van der Waals surface area contributed by atoms with Crippen LogP contribution in [0.2, 0.25) is 5.02 Å². The molecule has 0 saturated carbocycles. The van der Waals surface area contributed by atoms with Gasteiger partial charge in [0.2, 0.25) is 11.8 Å². The molecule has 14 heteroatoms. The number of ether oxygens (including phenoxy) is 1. The predicted molar refractivity (Wildman–Crippen MR) is 192 cm³/mol. The molecular weight excluding hydrogens is 695 g/mol. The van der Waals surface area contributed by atoms with Crippen molar-refractivity contribution in [2.45, 2.75) is 56.8 Å². The molecular formula is C38H35ClF3N7O3. The smallest absolute Gasteiger partial charge is 0.433 e. The molecule has 1 spiro atoms. The lowest BCUT2D eigenvalue weighted by Gasteiger charge is -2.28. The summed E-state index contributed by atoms with van der Waals surface area (Å²) in [6, 6.07) is 14.1. The number of nitrogens with one attached hydrogen (secondary N) is 2. The van der Waals surface area contributed by atoms with Gasteiger partial charge in [0.1, 0.15) is 11.5 Å². The average Bonchev–Trinajstić information content (AvgIpc) is 3.84. The van der Waals surface area contributed by atoms with Crippen molar-refractivity contribution < 1.29 is 22.7 Å². The third-order valence-corrected chi connectivity index (χ3v) is 11.2. The minimum atomic E-state index is -4.74. The topological polar surface area (TPSA) is 114 Å². The molecule has 5 heterocycles. The summed E-state index contributed by atoms with van der Waals surface area (Å²) >= 11 is 7.18. The predicted octanol–water partition coefficient (Wildman–Crippen LogP) is 7.13. The fourth-order valence-electron chi connectivity index (χ4n) is 8.11. The van der Waals surface area contributed by atoms with Crippen molar-refractivity contribution in [3.8, 4) is 28.3 Å². The van der Waals surface area contributed by atoms with Gasteiger partial charge in [-0.1, -0.05) is 41.9 Å². The Kier molecular flexibility index (Phi) is 8.25. The molecule has 2 aromatic carbocycles. The van der Waals surface area contributed by atoms with Crippen molar-refractivity contribution in [2.75, 3.05) is 25.5 Å². The molecule has 0 bridgehead atoms. The van der Waals surface area contributed by atoms with Crippen molar-refractivity contribution in [2.24, 2.45) is 7.05 Å². The summed E-state index contributed by atoms with van der Waals surface area (Å²) < 4.78 is 48.5. The van der Waals surface area contributed by atoms with E-state index in [4.69, 9.17) is 21.3 Å². The monoisotopic (exact) mass is 729 g/mol. The number of benzene rings is 2. The second-order valence-electron chi connectivity index (χ2n) is 13.9. The molecule has 1 amide bonds. The summed E-state index contributed by atoms with van der Waals surface area (Å²) in [7, 11) is 3.05. The maximum atomic E-state index is 13.8. The number of pyridine rings is 2. The number of rotatable bonds is 6. The van der Waals surface area contributed by atoms with Crippen molar-refractivity contribution in [3.05, 3.63) is 92.5 Å². The maximum absolute atomic E-state index is 13.8. The summed E-state index contributed by atoms with van der Waals surface area (Å²) in [5.41, 5.74) is 4.30. The van der Waals surface area contributed by atoms with Crippen molar-refractivity contribution >= 4 is 39.8 Å². The minimum Gasteiger partial charge on any atom is -0.481 e. The molecule has 0 radical (unpaired) electrons. The number of hydrogen-bond donors (Lipinski definition) is 2. The number of anilines is 2. The Morgan fingerprint density at radius 1 is 1.04 bits per heavy atom. The molecule has 268 valence electrons. The van der Waals surface area contributed by atoms with Crippen LogP contribution in [0.15, 0.2) is 59.5 Å². The molecule has 2 atom stereocenters. The highest BCUT2D eigenvalue weighted by Crippen LogP contribution is 2.47. The third kappa shape index (κ3) is 5.76. The van der Waals surface area contributed by atoms with Gasteiger partial charge in [0, 0.05) is 60.4 Å². The van der Waals surface area contributed by atoms with Crippen LogP contribution in [0.1, 0.15) is 54.1 Å². The number of hydrogen-bond acceptors (Lipinski definition) is 8. The van der Waals surface area contributed by atoms with Crippen LogP contribution in [0.25, 0.3) is 33.2 Å². The van der Waals surface area contributed by atoms with Crippen molar-refractivity contribution in [3.63, 3.8) is 0 Å². The first-order valence-electron chi connectivity index (χ1n) is 17.1. The molecule has 2 unspecified atom stereocenters. The molecule has 3 aromatic heterocycles. The van der Waals surface area contributed by atoms with E-state index in [0.29, 0.717) is 45.4 Å². The number of alkyl halides is 3. The van der Waals surface area contributed by atoms with Crippen LogP contribution in [0.5, 0.6) is 5.88 Å². The largest absolute Gasteiger partial charge is 0.481 e. The lowest BCUT2D eigenvalue weighted by atomic mass is 9.96. The first-order valence-corrected chi connectivity index (χ1v) is 17.5. The molecule has 2 saturated heterocycles. The molecule has 2 aliphatic heterocycles. The number of likely N-dealkylation sites (tertiary alicyclic amines) is 1. The lowest BCUT2D eigenvalue weighted by Crippen LogP contribution is -2.44. The van der Waals surface area contributed by atoms with Crippen LogP contribution < -0.4 is 20.9 Å². The standard InChI is InChI=1S/C38H35ClF3N7O3/c1-20-23(6-5-9-26(20)44-34-32-22(18-43-48(2)36(32)51)17-29(46-34)38(40,41)42)24-7-4-8-25(33(24)39)27-16-21-10-11-28(31(21)35(45-27)52-3)49-15-14-37(19-49)13-12-30(50)47-37/h4-9,16-18,28H,10-15,19H2,1-3H3,(H,44,46)(H,47,50). The Hall–Kier alpha value is -5.01. The molecule has 1 aliphatic carbocycles. The van der Waals surface area contributed by atoms with Crippen molar-refractivity contribution in [1.82, 2.24) is 30.0 Å². The van der Waals surface area contributed by atoms with E-state index in [9.17, 15) is 22.8 Å². The van der Waals surface area contributed by atoms with Gasteiger partial charge in [-0.15, -0.1) is 0 Å². The van der Waals surface area contributed by atoms with Crippen LogP contribution in [0.3, 0.4) is 0 Å². The summed E-state index contributed by atoms with van der Waals surface area (Å²) in [6.45, 7) is 3.53. The van der Waals surface area contributed by atoms with Gasteiger partial charge in [0.15, 0.2) is 0 Å². The molecule has 2 N–H and O–H groups in total. The van der Waals surface area contributed by atoms with E-state index >= 15 is 0 Å². The van der Waals surface area contributed by atoms with Gasteiger partial charge in [-0.3, -0.25) is 14.5 Å². The molecule has 8 rings (SSSR count). The molecule has 3 aliphatic rings. The highest BCUT2D eigenvalue weighted by atomic mass is 35.5. The Morgan fingerprint density at radius 2 is 1.81 bits per heavy atom. The number of carbonyl (C=O) groups is 1. The van der Waals surface area contributed by atoms with Gasteiger partial charge in [-0.05, 0) is 67.5 Å². The van der Waals surface area contributed by atoms with Crippen LogP contribution in [-0.2, 0) is 24.4 Å². The van der Waals surface area contributed by atoms with Crippen LogP contribution >= 0.6 is 11.6 Å². The summed E-state index contributed by atoms with van der Waals surface area (Å²) in [4.78, 5) is 36.3. The third-order valence-electron chi connectivity index (χ3n) is 10.8. The van der Waals surface area contributed by atoms with Crippen molar-refractivity contribution in [1.29, 1.82) is 0 Å². The van der Waals surface area contributed by atoms with Gasteiger partial charge < -0.3 is 15.4 Å².